The second-order valence-electron chi connectivity index (χ2n) is 10.8. The molecular weight excluding hydrogens is 506 g/mol. The summed E-state index contributed by atoms with van der Waals surface area (Å²) in [5.74, 6) is -0.501. The van der Waals surface area contributed by atoms with Crippen LogP contribution in [0.1, 0.15) is 44.4 Å². The molecule has 3 aromatic carbocycles. The van der Waals surface area contributed by atoms with Crippen LogP contribution in [0.2, 0.25) is 0 Å². The first-order chi connectivity index (χ1) is 18.2. The van der Waals surface area contributed by atoms with Crippen LogP contribution in [-0.2, 0) is 20.0 Å². The SMILES string of the molecule is CC(C)(C(N)=O)/C(=C/c1cccc(-c2cc(C(C)(C)C#N)cc3cccnc23)c1)c1ccc(S(C)(=O)=O)cc1. The van der Waals surface area contributed by atoms with Crippen LogP contribution in [0.5, 0.6) is 0 Å². The van der Waals surface area contributed by atoms with Gasteiger partial charge in [-0.1, -0.05) is 42.5 Å². The minimum Gasteiger partial charge on any atom is -0.369 e. The summed E-state index contributed by atoms with van der Waals surface area (Å²) in [6, 6.07) is 24.6. The Labute approximate surface area is 229 Å². The molecule has 4 rings (SSSR count). The van der Waals surface area contributed by atoms with Gasteiger partial charge in [-0.3, -0.25) is 9.78 Å². The van der Waals surface area contributed by atoms with Crippen molar-refractivity contribution in [1.82, 2.24) is 4.98 Å². The molecule has 7 heteroatoms. The molecule has 4 aromatic rings. The number of rotatable bonds is 7. The molecule has 0 unspecified atom stereocenters. The second-order valence-corrected chi connectivity index (χ2v) is 12.8. The van der Waals surface area contributed by atoms with Gasteiger partial charge in [0.15, 0.2) is 9.84 Å². The van der Waals surface area contributed by atoms with Crippen molar-refractivity contribution in [3.05, 3.63) is 95.7 Å². The lowest BCUT2D eigenvalue weighted by atomic mass is 9.78. The van der Waals surface area contributed by atoms with Gasteiger partial charge < -0.3 is 5.73 Å². The number of sulfone groups is 1. The average molecular weight is 538 g/mol. The smallest absolute Gasteiger partial charge is 0.227 e. The molecule has 0 atom stereocenters. The first-order valence-corrected chi connectivity index (χ1v) is 14.4. The Morgan fingerprint density at radius 1 is 0.974 bits per heavy atom. The van der Waals surface area contributed by atoms with Crippen LogP contribution in [-0.4, -0.2) is 25.6 Å². The maximum atomic E-state index is 12.5. The second kappa shape index (κ2) is 10.1. The largest absolute Gasteiger partial charge is 0.369 e. The Balaban J connectivity index is 1.91. The fourth-order valence-corrected chi connectivity index (χ4v) is 5.07. The highest BCUT2D eigenvalue weighted by Crippen LogP contribution is 2.38. The maximum Gasteiger partial charge on any atom is 0.227 e. The molecule has 198 valence electrons. The molecule has 1 amide bonds. The van der Waals surface area contributed by atoms with E-state index in [1.165, 1.54) is 12.1 Å². The number of hydrogen-bond donors (Lipinski definition) is 1. The first kappa shape index (κ1) is 27.7. The van der Waals surface area contributed by atoms with Crippen molar-refractivity contribution in [1.29, 1.82) is 5.26 Å². The fraction of sp³-hybridized carbons (Fsp3) is 0.219. The van der Waals surface area contributed by atoms with Gasteiger partial charge in [-0.15, -0.1) is 0 Å². The summed E-state index contributed by atoms with van der Waals surface area (Å²) in [6.45, 7) is 7.28. The first-order valence-electron chi connectivity index (χ1n) is 12.5. The zero-order valence-corrected chi connectivity index (χ0v) is 23.5. The normalized spacial score (nSPS) is 12.8. The van der Waals surface area contributed by atoms with Crippen molar-refractivity contribution in [2.24, 2.45) is 11.1 Å². The standard InChI is InChI=1S/C32H31N3O3S/c1-31(2,20-33)25-18-24-10-7-15-35-29(24)27(19-25)23-9-6-8-21(16-23)17-28(32(3,4)30(34)36)22-11-13-26(14-12-22)39(5,37)38/h6-19H,1-5H3,(H2,34,36)/b28-17+. The topological polar surface area (TPSA) is 114 Å². The number of carbonyl (C=O) groups is 1. The molecule has 0 fully saturated rings. The van der Waals surface area contributed by atoms with E-state index in [-0.39, 0.29) is 4.90 Å². The summed E-state index contributed by atoms with van der Waals surface area (Å²) in [5, 5.41) is 10.7. The number of hydrogen-bond acceptors (Lipinski definition) is 5. The van der Waals surface area contributed by atoms with Crippen LogP contribution >= 0.6 is 0 Å². The predicted octanol–water partition coefficient (Wildman–Crippen LogP) is 6.16. The van der Waals surface area contributed by atoms with Crippen molar-refractivity contribution < 1.29 is 13.2 Å². The van der Waals surface area contributed by atoms with E-state index in [1.54, 1.807) is 32.2 Å². The third kappa shape index (κ3) is 5.62. The Hall–Kier alpha value is -4.28. The van der Waals surface area contributed by atoms with Gasteiger partial charge >= 0.3 is 0 Å². The molecule has 2 N–H and O–H groups in total. The number of benzene rings is 3. The molecule has 1 heterocycles. The maximum absolute atomic E-state index is 12.5. The molecular formula is C32H31N3O3S. The highest BCUT2D eigenvalue weighted by molar-refractivity contribution is 7.90. The van der Waals surface area contributed by atoms with E-state index in [1.807, 2.05) is 68.5 Å². The Morgan fingerprint density at radius 2 is 1.67 bits per heavy atom. The van der Waals surface area contributed by atoms with Gasteiger partial charge in [0.25, 0.3) is 0 Å². The summed E-state index contributed by atoms with van der Waals surface area (Å²) in [5.41, 5.74) is 9.80. The number of fused-ring (bicyclic) bond motifs is 1. The van der Waals surface area contributed by atoms with Crippen LogP contribution in [0.3, 0.4) is 0 Å². The van der Waals surface area contributed by atoms with Gasteiger partial charge in [0.2, 0.25) is 5.91 Å². The molecule has 1 aromatic heterocycles. The van der Waals surface area contributed by atoms with Crippen molar-refractivity contribution in [2.75, 3.05) is 6.26 Å². The van der Waals surface area contributed by atoms with Gasteiger partial charge in [0, 0.05) is 23.4 Å². The van der Waals surface area contributed by atoms with E-state index < -0.39 is 26.6 Å². The lowest BCUT2D eigenvalue weighted by Gasteiger charge is -2.25. The van der Waals surface area contributed by atoms with Gasteiger partial charge in [-0.25, -0.2) is 8.42 Å². The van der Waals surface area contributed by atoms with Crippen LogP contribution in [0.25, 0.3) is 33.7 Å². The van der Waals surface area contributed by atoms with Gasteiger partial charge in [0.05, 0.1) is 27.3 Å². The quantitative estimate of drug-likeness (QED) is 0.284. The Kier molecular flexibility index (Phi) is 7.20. The minimum absolute atomic E-state index is 0.198. The van der Waals surface area contributed by atoms with E-state index >= 15 is 0 Å². The monoisotopic (exact) mass is 537 g/mol. The van der Waals surface area contributed by atoms with Gasteiger partial charge in [0.1, 0.15) is 0 Å². The molecule has 0 spiro atoms. The molecule has 0 saturated carbocycles. The summed E-state index contributed by atoms with van der Waals surface area (Å²) in [7, 11) is -3.36. The molecule has 39 heavy (non-hydrogen) atoms. The van der Waals surface area contributed by atoms with Crippen LogP contribution in [0.4, 0.5) is 0 Å². The zero-order chi connectivity index (χ0) is 28.6. The summed E-state index contributed by atoms with van der Waals surface area (Å²) in [4.78, 5) is 17.3. The highest BCUT2D eigenvalue weighted by Gasteiger charge is 2.31. The van der Waals surface area contributed by atoms with Gasteiger partial charge in [-0.05, 0) is 91.9 Å². The fourth-order valence-electron chi connectivity index (χ4n) is 4.44. The number of carbonyl (C=O) groups excluding carboxylic acids is 1. The van der Waals surface area contributed by atoms with Gasteiger partial charge in [-0.2, -0.15) is 5.26 Å². The molecule has 0 aliphatic carbocycles. The number of primary amides is 1. The van der Waals surface area contributed by atoms with E-state index in [0.717, 1.165) is 39.4 Å². The van der Waals surface area contributed by atoms with Crippen LogP contribution < -0.4 is 5.73 Å². The van der Waals surface area contributed by atoms with Crippen LogP contribution in [0.15, 0.2) is 83.9 Å². The summed E-state index contributed by atoms with van der Waals surface area (Å²) >= 11 is 0. The molecule has 0 radical (unpaired) electrons. The predicted molar refractivity (Wildman–Crippen MR) is 156 cm³/mol. The molecule has 0 saturated heterocycles. The number of nitrogens with two attached hydrogens (primary N) is 1. The number of pyridine rings is 1. The average Bonchev–Trinajstić information content (AvgIpc) is 2.90. The Bertz CT molecular complexity index is 1760. The lowest BCUT2D eigenvalue weighted by molar-refractivity contribution is -0.123. The molecule has 6 nitrogen and oxygen atoms in total. The molecule has 0 aliphatic rings. The van der Waals surface area contributed by atoms with Crippen molar-refractivity contribution in [3.8, 4) is 17.2 Å². The summed E-state index contributed by atoms with van der Waals surface area (Å²) < 4.78 is 23.9. The lowest BCUT2D eigenvalue weighted by Crippen LogP contribution is -2.32. The van der Waals surface area contributed by atoms with E-state index in [9.17, 15) is 18.5 Å². The van der Waals surface area contributed by atoms with Crippen molar-refractivity contribution in [2.45, 2.75) is 38.0 Å². The van der Waals surface area contributed by atoms with E-state index in [4.69, 9.17) is 5.73 Å². The third-order valence-corrected chi connectivity index (χ3v) is 8.23. The highest BCUT2D eigenvalue weighted by atomic mass is 32.2. The van der Waals surface area contributed by atoms with Crippen molar-refractivity contribution in [3.63, 3.8) is 0 Å². The number of amides is 1. The molecule has 0 aliphatic heterocycles. The van der Waals surface area contributed by atoms with E-state index in [2.05, 4.69) is 11.1 Å². The Morgan fingerprint density at radius 3 is 2.28 bits per heavy atom. The number of aromatic nitrogens is 1. The number of nitriles is 1. The zero-order valence-electron chi connectivity index (χ0n) is 22.7. The minimum atomic E-state index is -3.36. The van der Waals surface area contributed by atoms with E-state index in [0.29, 0.717) is 11.1 Å². The summed E-state index contributed by atoms with van der Waals surface area (Å²) in [6.07, 6.45) is 4.81. The van der Waals surface area contributed by atoms with Crippen molar-refractivity contribution >= 4 is 38.3 Å². The third-order valence-electron chi connectivity index (χ3n) is 7.10. The number of nitrogens with zero attached hydrogens (tertiary/aromatic N) is 2. The molecule has 0 bridgehead atoms. The van der Waals surface area contributed by atoms with Crippen LogP contribution in [0, 0.1) is 16.7 Å².